The second kappa shape index (κ2) is 45.5. The highest BCUT2D eigenvalue weighted by Gasteiger charge is 2.17. The lowest BCUT2D eigenvalue weighted by Crippen LogP contribution is -2.45. The number of rotatable bonds is 42. The maximum Gasteiger partial charge on any atom is 0.220 e. The first-order chi connectivity index (χ1) is 26.7. The summed E-state index contributed by atoms with van der Waals surface area (Å²) < 4.78 is 0. The highest BCUT2D eigenvalue weighted by atomic mass is 16.3. The van der Waals surface area contributed by atoms with Gasteiger partial charge in [0.25, 0.3) is 0 Å². The van der Waals surface area contributed by atoms with Crippen molar-refractivity contribution in [3.05, 3.63) is 60.8 Å². The van der Waals surface area contributed by atoms with Gasteiger partial charge in [-0.2, -0.15) is 0 Å². The third-order valence-corrected chi connectivity index (χ3v) is 10.5. The summed E-state index contributed by atoms with van der Waals surface area (Å²) in [6, 6.07) is -0.648. The fourth-order valence-corrected chi connectivity index (χ4v) is 6.83. The molecule has 0 aromatic carbocycles. The van der Waals surface area contributed by atoms with Crippen LogP contribution in [0.4, 0.5) is 0 Å². The molecule has 0 heterocycles. The van der Waals surface area contributed by atoms with Crippen molar-refractivity contribution >= 4 is 5.91 Å². The van der Waals surface area contributed by atoms with Crippen LogP contribution in [-0.2, 0) is 4.79 Å². The van der Waals surface area contributed by atoms with Gasteiger partial charge in [-0.15, -0.1) is 0 Å². The van der Waals surface area contributed by atoms with Gasteiger partial charge in [0, 0.05) is 6.42 Å². The number of unbranched alkanes of at least 4 members (excludes halogenated alkanes) is 27. The van der Waals surface area contributed by atoms with Crippen LogP contribution in [0.5, 0.6) is 0 Å². The third-order valence-electron chi connectivity index (χ3n) is 10.5. The van der Waals surface area contributed by atoms with Crippen molar-refractivity contribution in [3.63, 3.8) is 0 Å². The Kier molecular flexibility index (Phi) is 43.9. The number of nitrogens with one attached hydrogen (secondary N) is 1. The first kappa shape index (κ1) is 52.1. The van der Waals surface area contributed by atoms with E-state index in [4.69, 9.17) is 0 Å². The predicted octanol–water partition coefficient (Wildman–Crippen LogP) is 14.9. The van der Waals surface area contributed by atoms with E-state index in [0.29, 0.717) is 6.42 Å². The molecule has 4 heteroatoms. The summed E-state index contributed by atoms with van der Waals surface area (Å²) >= 11 is 0. The minimum absolute atomic E-state index is 0.0816. The average molecular weight is 754 g/mol. The van der Waals surface area contributed by atoms with Gasteiger partial charge >= 0.3 is 0 Å². The van der Waals surface area contributed by atoms with Crippen molar-refractivity contribution < 1.29 is 15.0 Å². The van der Waals surface area contributed by atoms with E-state index >= 15 is 0 Å². The molecule has 0 aromatic heterocycles. The summed E-state index contributed by atoms with van der Waals surface area (Å²) in [4.78, 5) is 12.4. The van der Waals surface area contributed by atoms with Gasteiger partial charge in [-0.05, 0) is 77.0 Å². The van der Waals surface area contributed by atoms with E-state index in [1.165, 1.54) is 167 Å². The van der Waals surface area contributed by atoms with Crippen LogP contribution in [0.15, 0.2) is 60.8 Å². The van der Waals surface area contributed by atoms with Crippen molar-refractivity contribution in [1.82, 2.24) is 5.32 Å². The topological polar surface area (TPSA) is 69.6 Å². The number of carbonyl (C=O) groups excluding carboxylic acids is 1. The number of aliphatic hydroxyl groups excluding tert-OH is 2. The van der Waals surface area contributed by atoms with E-state index in [-0.39, 0.29) is 12.5 Å². The molecule has 1 amide bonds. The first-order valence-electron chi connectivity index (χ1n) is 23.5. The molecule has 4 nitrogen and oxygen atoms in total. The van der Waals surface area contributed by atoms with Gasteiger partial charge in [0.1, 0.15) is 0 Å². The molecule has 0 radical (unpaired) electrons. The van der Waals surface area contributed by atoms with E-state index in [9.17, 15) is 15.0 Å². The Hall–Kier alpha value is -1.91. The van der Waals surface area contributed by atoms with E-state index in [0.717, 1.165) is 44.9 Å². The van der Waals surface area contributed by atoms with Crippen LogP contribution in [0.25, 0.3) is 0 Å². The van der Waals surface area contributed by atoms with Gasteiger partial charge < -0.3 is 15.5 Å². The third kappa shape index (κ3) is 41.3. The minimum Gasteiger partial charge on any atom is -0.394 e. The maximum absolute atomic E-state index is 12.4. The fourth-order valence-electron chi connectivity index (χ4n) is 6.83. The number of hydrogen-bond donors (Lipinski definition) is 3. The van der Waals surface area contributed by atoms with Crippen LogP contribution in [0.3, 0.4) is 0 Å². The molecule has 0 aliphatic rings. The Labute approximate surface area is 336 Å². The van der Waals surface area contributed by atoms with Crippen molar-refractivity contribution in [2.24, 2.45) is 0 Å². The predicted molar refractivity (Wildman–Crippen MR) is 239 cm³/mol. The molecule has 314 valence electrons. The average Bonchev–Trinajstić information content (AvgIpc) is 3.18. The summed E-state index contributed by atoms with van der Waals surface area (Å²) in [6.07, 6.45) is 63.4. The summed E-state index contributed by atoms with van der Waals surface area (Å²) in [5.41, 5.74) is 0. The van der Waals surface area contributed by atoms with Crippen LogP contribution in [0.2, 0.25) is 0 Å². The molecule has 3 N–H and O–H groups in total. The zero-order valence-electron chi connectivity index (χ0n) is 36.0. The molecule has 0 saturated carbocycles. The Morgan fingerprint density at radius 3 is 1.19 bits per heavy atom. The fraction of sp³-hybridized carbons (Fsp3) is 0.780. The lowest BCUT2D eigenvalue weighted by Gasteiger charge is -2.19. The van der Waals surface area contributed by atoms with Gasteiger partial charge in [-0.3, -0.25) is 4.79 Å². The second-order valence-corrected chi connectivity index (χ2v) is 15.8. The molecule has 2 atom stereocenters. The van der Waals surface area contributed by atoms with Crippen LogP contribution >= 0.6 is 0 Å². The smallest absolute Gasteiger partial charge is 0.220 e. The number of hydrogen-bond acceptors (Lipinski definition) is 3. The van der Waals surface area contributed by atoms with Crippen molar-refractivity contribution in [2.75, 3.05) is 6.61 Å². The van der Waals surface area contributed by atoms with E-state index in [1.54, 1.807) is 6.08 Å². The summed E-state index contributed by atoms with van der Waals surface area (Å²) in [5.74, 6) is -0.0816. The van der Waals surface area contributed by atoms with E-state index in [1.807, 2.05) is 6.08 Å². The first-order valence-corrected chi connectivity index (χ1v) is 23.5. The molecular weight excluding hydrogens is 663 g/mol. The molecule has 0 aliphatic heterocycles. The van der Waals surface area contributed by atoms with Gasteiger partial charge in [-0.1, -0.05) is 209 Å². The molecule has 2 unspecified atom stereocenters. The highest BCUT2D eigenvalue weighted by Crippen LogP contribution is 2.14. The van der Waals surface area contributed by atoms with Crippen molar-refractivity contribution in [2.45, 2.75) is 244 Å². The normalized spacial score (nSPS) is 13.5. The van der Waals surface area contributed by atoms with E-state index in [2.05, 4.69) is 67.8 Å². The number of carbonyl (C=O) groups is 1. The number of allylic oxidation sites excluding steroid dienone is 9. The molecule has 0 aliphatic carbocycles. The molecule has 0 rings (SSSR count). The van der Waals surface area contributed by atoms with Crippen LogP contribution in [0, 0.1) is 0 Å². The molecule has 0 fully saturated rings. The van der Waals surface area contributed by atoms with Crippen LogP contribution in [0.1, 0.15) is 232 Å². The summed E-state index contributed by atoms with van der Waals surface area (Å²) in [6.45, 7) is 4.28. The van der Waals surface area contributed by atoms with Crippen LogP contribution < -0.4 is 5.32 Å². The largest absolute Gasteiger partial charge is 0.394 e. The monoisotopic (exact) mass is 754 g/mol. The molecule has 0 spiro atoms. The lowest BCUT2D eigenvalue weighted by atomic mass is 10.0. The highest BCUT2D eigenvalue weighted by molar-refractivity contribution is 5.76. The Morgan fingerprint density at radius 2 is 0.778 bits per heavy atom. The second-order valence-electron chi connectivity index (χ2n) is 15.8. The Morgan fingerprint density at radius 1 is 0.444 bits per heavy atom. The standard InChI is InChI=1S/C50H91NO3/c1-3-5-7-9-11-13-15-17-19-20-21-22-23-24-25-26-27-28-29-30-32-34-36-38-40-42-44-46-50(54)51-48(47-52)49(53)45-43-41-39-37-35-33-31-18-16-14-12-10-8-6-4-2/h16,18,21-22,24-25,35,37,43,45,48-49,52-53H,3-15,17,19-20,23,26-34,36,38-42,44,46-47H2,1-2H3,(H,51,54)/b18-16+,22-21-,25-24-,37-35+,45-43+. The Bertz CT molecular complexity index is 904. The zero-order valence-corrected chi connectivity index (χ0v) is 36.0. The SMILES string of the molecule is CCCCCCC/C=C/CC/C=C/CC/C=C/C(O)C(CO)NC(=O)CCCCCCCCCCCCC/C=C\C/C=C\CCCCCCCCCCC. The Balaban J connectivity index is 3.58. The lowest BCUT2D eigenvalue weighted by molar-refractivity contribution is -0.123. The van der Waals surface area contributed by atoms with Crippen LogP contribution in [-0.4, -0.2) is 34.9 Å². The maximum atomic E-state index is 12.4. The molecule has 0 aromatic rings. The molecular formula is C50H91NO3. The van der Waals surface area contributed by atoms with E-state index < -0.39 is 12.1 Å². The molecule has 0 saturated heterocycles. The van der Waals surface area contributed by atoms with Gasteiger partial charge in [0.2, 0.25) is 5.91 Å². The van der Waals surface area contributed by atoms with Crippen molar-refractivity contribution in [1.29, 1.82) is 0 Å². The quantitative estimate of drug-likeness (QED) is 0.0429. The summed E-state index contributed by atoms with van der Waals surface area (Å²) in [5, 5.41) is 23.0. The summed E-state index contributed by atoms with van der Waals surface area (Å²) in [7, 11) is 0. The minimum atomic E-state index is -0.872. The molecule has 0 bridgehead atoms. The van der Waals surface area contributed by atoms with Gasteiger partial charge in [0.05, 0.1) is 18.8 Å². The molecule has 54 heavy (non-hydrogen) atoms. The van der Waals surface area contributed by atoms with Gasteiger partial charge in [-0.25, -0.2) is 0 Å². The number of amides is 1. The number of aliphatic hydroxyl groups is 2. The zero-order chi connectivity index (χ0) is 39.3. The van der Waals surface area contributed by atoms with Crippen molar-refractivity contribution in [3.8, 4) is 0 Å². The van der Waals surface area contributed by atoms with Gasteiger partial charge in [0.15, 0.2) is 0 Å².